The topological polar surface area (TPSA) is 12.0 Å². The molecule has 96 valence electrons. The van der Waals surface area contributed by atoms with E-state index in [1.165, 1.54) is 27.8 Å². The fraction of sp³-hybridized carbons (Fsp3) is 0.467. The lowest BCUT2D eigenvalue weighted by molar-refractivity contribution is 0.591. The van der Waals surface area contributed by atoms with Gasteiger partial charge in [-0.2, -0.15) is 0 Å². The average Bonchev–Trinajstić information content (AvgIpc) is 3.08. The maximum absolute atomic E-state index is 6.14. The zero-order chi connectivity index (χ0) is 12.7. The van der Waals surface area contributed by atoms with Gasteiger partial charge in [-0.15, -0.1) is 11.3 Å². The van der Waals surface area contributed by atoms with Crippen LogP contribution in [0.15, 0.2) is 18.2 Å². The van der Waals surface area contributed by atoms with Crippen LogP contribution in [0.3, 0.4) is 0 Å². The molecule has 0 atom stereocenters. The molecule has 1 saturated carbocycles. The molecular formula is C15H18ClNS. The highest BCUT2D eigenvalue weighted by atomic mass is 35.5. The van der Waals surface area contributed by atoms with Crippen LogP contribution in [-0.2, 0) is 6.54 Å². The molecule has 1 nitrogen and oxygen atoms in total. The van der Waals surface area contributed by atoms with Crippen molar-refractivity contribution in [3.63, 3.8) is 0 Å². The molecule has 1 aliphatic rings. The summed E-state index contributed by atoms with van der Waals surface area (Å²) in [5.41, 5.74) is 1.56. The van der Waals surface area contributed by atoms with Crippen LogP contribution in [0.1, 0.15) is 43.0 Å². The van der Waals surface area contributed by atoms with Crippen LogP contribution >= 0.6 is 22.9 Å². The van der Waals surface area contributed by atoms with E-state index in [1.807, 2.05) is 17.4 Å². The Kier molecular flexibility index (Phi) is 3.35. The van der Waals surface area contributed by atoms with Crippen LogP contribution in [0.2, 0.25) is 5.02 Å². The fourth-order valence-corrected chi connectivity index (χ4v) is 3.78. The first-order valence-electron chi connectivity index (χ1n) is 6.59. The van der Waals surface area contributed by atoms with Gasteiger partial charge >= 0.3 is 0 Å². The van der Waals surface area contributed by atoms with E-state index in [0.717, 1.165) is 17.5 Å². The number of benzene rings is 1. The lowest BCUT2D eigenvalue weighted by atomic mass is 10.1. The van der Waals surface area contributed by atoms with Gasteiger partial charge in [0, 0.05) is 27.2 Å². The van der Waals surface area contributed by atoms with Crippen LogP contribution < -0.4 is 5.32 Å². The molecule has 1 aromatic heterocycles. The molecule has 0 aliphatic heterocycles. The quantitative estimate of drug-likeness (QED) is 0.837. The lowest BCUT2D eigenvalue weighted by Gasteiger charge is -2.08. The molecule has 1 aromatic carbocycles. The van der Waals surface area contributed by atoms with Gasteiger partial charge in [0.25, 0.3) is 0 Å². The summed E-state index contributed by atoms with van der Waals surface area (Å²) < 4.78 is 1.38. The molecule has 1 fully saturated rings. The second-order valence-corrected chi connectivity index (χ2v) is 6.96. The minimum absolute atomic E-state index is 0.533. The molecular weight excluding hydrogens is 262 g/mol. The molecule has 3 rings (SSSR count). The SMILES string of the molecule is CC(C)NCc1sc2ccc(Cl)cc2c1C1CC1. The monoisotopic (exact) mass is 279 g/mol. The molecule has 1 heterocycles. The van der Waals surface area contributed by atoms with Gasteiger partial charge in [0.05, 0.1) is 0 Å². The Hall–Kier alpha value is -0.570. The number of fused-ring (bicyclic) bond motifs is 1. The molecule has 0 unspecified atom stereocenters. The Morgan fingerprint density at radius 2 is 2.17 bits per heavy atom. The van der Waals surface area contributed by atoms with Crippen molar-refractivity contribution in [3.8, 4) is 0 Å². The lowest BCUT2D eigenvalue weighted by Crippen LogP contribution is -2.21. The predicted octanol–water partition coefficient (Wildman–Crippen LogP) is 4.93. The standard InChI is InChI=1S/C15H18ClNS/c1-9(2)17-8-14-15(10-3-4-10)12-7-11(16)5-6-13(12)18-14/h5-7,9-10,17H,3-4,8H2,1-2H3. The van der Waals surface area contributed by atoms with Crippen molar-refractivity contribution in [1.82, 2.24) is 5.32 Å². The molecule has 18 heavy (non-hydrogen) atoms. The Labute approximate surface area is 117 Å². The van der Waals surface area contributed by atoms with E-state index >= 15 is 0 Å². The van der Waals surface area contributed by atoms with Gasteiger partial charge in [0.15, 0.2) is 0 Å². The maximum Gasteiger partial charge on any atom is 0.0413 e. The minimum atomic E-state index is 0.533. The highest BCUT2D eigenvalue weighted by Crippen LogP contribution is 2.48. The van der Waals surface area contributed by atoms with Crippen LogP contribution in [-0.4, -0.2) is 6.04 Å². The summed E-state index contributed by atoms with van der Waals surface area (Å²) in [5.74, 6) is 0.779. The highest BCUT2D eigenvalue weighted by Gasteiger charge is 2.29. The van der Waals surface area contributed by atoms with Crippen molar-refractivity contribution in [2.24, 2.45) is 0 Å². The summed E-state index contributed by atoms with van der Waals surface area (Å²) in [6.07, 6.45) is 2.68. The molecule has 0 amide bonds. The van der Waals surface area contributed by atoms with Gasteiger partial charge < -0.3 is 5.32 Å². The minimum Gasteiger partial charge on any atom is -0.310 e. The van der Waals surface area contributed by atoms with Gasteiger partial charge in [0.1, 0.15) is 0 Å². The fourth-order valence-electron chi connectivity index (χ4n) is 2.39. The van der Waals surface area contributed by atoms with Gasteiger partial charge in [-0.3, -0.25) is 0 Å². The number of hydrogen-bond acceptors (Lipinski definition) is 2. The third kappa shape index (κ3) is 2.42. The molecule has 3 heteroatoms. The molecule has 1 N–H and O–H groups in total. The van der Waals surface area contributed by atoms with Crippen LogP contribution in [0.4, 0.5) is 0 Å². The molecule has 1 aliphatic carbocycles. The Morgan fingerprint density at radius 1 is 1.39 bits per heavy atom. The van der Waals surface area contributed by atoms with E-state index < -0.39 is 0 Å². The normalized spacial score (nSPS) is 15.8. The number of rotatable bonds is 4. The van der Waals surface area contributed by atoms with E-state index in [1.54, 1.807) is 5.56 Å². The number of halogens is 1. The third-order valence-electron chi connectivity index (χ3n) is 3.42. The number of thiophene rings is 1. The second kappa shape index (κ2) is 4.84. The zero-order valence-corrected chi connectivity index (χ0v) is 12.4. The summed E-state index contributed by atoms with van der Waals surface area (Å²) in [6, 6.07) is 6.83. The molecule has 2 aromatic rings. The zero-order valence-electron chi connectivity index (χ0n) is 10.8. The van der Waals surface area contributed by atoms with E-state index in [9.17, 15) is 0 Å². The summed E-state index contributed by atoms with van der Waals surface area (Å²) in [4.78, 5) is 1.50. The number of hydrogen-bond donors (Lipinski definition) is 1. The molecule has 0 saturated heterocycles. The first-order chi connectivity index (χ1) is 8.65. The summed E-state index contributed by atoms with van der Waals surface area (Å²) in [6.45, 7) is 5.38. The Balaban J connectivity index is 2.04. The van der Waals surface area contributed by atoms with E-state index in [0.29, 0.717) is 6.04 Å². The van der Waals surface area contributed by atoms with E-state index in [2.05, 4.69) is 31.3 Å². The average molecular weight is 280 g/mol. The van der Waals surface area contributed by atoms with Crippen molar-refractivity contribution < 1.29 is 0 Å². The second-order valence-electron chi connectivity index (χ2n) is 5.39. The first-order valence-corrected chi connectivity index (χ1v) is 7.79. The summed E-state index contributed by atoms with van der Waals surface area (Å²) >= 11 is 8.06. The molecule has 0 radical (unpaired) electrons. The third-order valence-corrected chi connectivity index (χ3v) is 4.84. The van der Waals surface area contributed by atoms with Crippen molar-refractivity contribution in [1.29, 1.82) is 0 Å². The molecule has 0 spiro atoms. The van der Waals surface area contributed by atoms with Gasteiger partial charge in [-0.05, 0) is 47.9 Å². The van der Waals surface area contributed by atoms with Gasteiger partial charge in [0.2, 0.25) is 0 Å². The van der Waals surface area contributed by atoms with Crippen molar-refractivity contribution in [2.45, 2.75) is 45.2 Å². The highest BCUT2D eigenvalue weighted by molar-refractivity contribution is 7.19. The number of nitrogens with one attached hydrogen (secondary N) is 1. The first kappa shape index (κ1) is 12.5. The van der Waals surface area contributed by atoms with Crippen LogP contribution in [0.5, 0.6) is 0 Å². The summed E-state index contributed by atoms with van der Waals surface area (Å²) in [5, 5.41) is 5.77. The predicted molar refractivity (Wildman–Crippen MR) is 80.8 cm³/mol. The van der Waals surface area contributed by atoms with Crippen molar-refractivity contribution in [3.05, 3.63) is 33.7 Å². The van der Waals surface area contributed by atoms with Crippen molar-refractivity contribution in [2.75, 3.05) is 0 Å². The van der Waals surface area contributed by atoms with E-state index in [4.69, 9.17) is 11.6 Å². The Morgan fingerprint density at radius 3 is 2.83 bits per heavy atom. The largest absolute Gasteiger partial charge is 0.310 e. The van der Waals surface area contributed by atoms with Gasteiger partial charge in [-0.1, -0.05) is 25.4 Å². The van der Waals surface area contributed by atoms with Crippen LogP contribution in [0, 0.1) is 0 Å². The Bertz CT molecular complexity index is 569. The van der Waals surface area contributed by atoms with Gasteiger partial charge in [-0.25, -0.2) is 0 Å². The molecule has 0 bridgehead atoms. The van der Waals surface area contributed by atoms with Crippen LogP contribution in [0.25, 0.3) is 10.1 Å². The smallest absolute Gasteiger partial charge is 0.0413 e. The van der Waals surface area contributed by atoms with Crippen molar-refractivity contribution >= 4 is 33.0 Å². The summed E-state index contributed by atoms with van der Waals surface area (Å²) in [7, 11) is 0. The van der Waals surface area contributed by atoms with E-state index in [-0.39, 0.29) is 0 Å². The maximum atomic E-state index is 6.14.